The standard InChI is InChI=1S/C32H40N2O3/c1-22(2)36-28-14-10-25(11-15-28)18-27(35)20-30-31(19-24-8-6-5-7-9-24)34-32(21-33-30)26-12-16-29(17-13-26)37-23(3)4/h10-17,21-24H,5-9,18-20H2,1-4H3. The van der Waals surface area contributed by atoms with E-state index in [1.165, 1.54) is 32.1 Å². The SMILES string of the molecule is CC(C)Oc1ccc(CC(=O)Cc2ncc(-c3ccc(OC(C)C)cc3)nc2CC2CCCCC2)cc1. The van der Waals surface area contributed by atoms with Crippen molar-refractivity contribution in [1.29, 1.82) is 0 Å². The van der Waals surface area contributed by atoms with Crippen molar-refractivity contribution in [2.24, 2.45) is 5.92 Å². The van der Waals surface area contributed by atoms with Crippen LogP contribution in [0.3, 0.4) is 0 Å². The fraction of sp³-hybridized carbons (Fsp3) is 0.469. The lowest BCUT2D eigenvalue weighted by atomic mass is 9.85. The summed E-state index contributed by atoms with van der Waals surface area (Å²) < 4.78 is 11.5. The summed E-state index contributed by atoms with van der Waals surface area (Å²) in [6.45, 7) is 8.05. The first-order valence-electron chi connectivity index (χ1n) is 13.7. The third-order valence-corrected chi connectivity index (χ3v) is 6.72. The predicted molar refractivity (Wildman–Crippen MR) is 148 cm³/mol. The van der Waals surface area contributed by atoms with Crippen LogP contribution in [0, 0.1) is 5.92 Å². The number of ketones is 1. The smallest absolute Gasteiger partial charge is 0.143 e. The van der Waals surface area contributed by atoms with Gasteiger partial charge < -0.3 is 9.47 Å². The van der Waals surface area contributed by atoms with Gasteiger partial charge in [0.25, 0.3) is 0 Å². The molecular weight excluding hydrogens is 460 g/mol. The lowest BCUT2D eigenvalue weighted by Crippen LogP contribution is -2.16. The molecule has 0 atom stereocenters. The highest BCUT2D eigenvalue weighted by atomic mass is 16.5. The van der Waals surface area contributed by atoms with Gasteiger partial charge in [0.1, 0.15) is 17.3 Å². The average molecular weight is 501 g/mol. The number of aromatic nitrogens is 2. The summed E-state index contributed by atoms with van der Waals surface area (Å²) in [6, 6.07) is 15.8. The lowest BCUT2D eigenvalue weighted by Gasteiger charge is -2.22. The van der Waals surface area contributed by atoms with Gasteiger partial charge in [-0.2, -0.15) is 0 Å². The summed E-state index contributed by atoms with van der Waals surface area (Å²) in [5.74, 6) is 2.44. The number of rotatable bonds is 11. The molecule has 3 aromatic rings. The Hall–Kier alpha value is -3.21. The first kappa shape index (κ1) is 26.8. The number of ether oxygens (including phenoxy) is 2. The van der Waals surface area contributed by atoms with E-state index >= 15 is 0 Å². The van der Waals surface area contributed by atoms with E-state index in [-0.39, 0.29) is 18.0 Å². The molecule has 0 amide bonds. The number of benzene rings is 2. The van der Waals surface area contributed by atoms with Crippen molar-refractivity contribution in [2.75, 3.05) is 0 Å². The Morgan fingerprint density at radius 3 is 2.00 bits per heavy atom. The third kappa shape index (κ3) is 8.14. The number of hydrogen-bond acceptors (Lipinski definition) is 5. The van der Waals surface area contributed by atoms with Crippen molar-refractivity contribution in [1.82, 2.24) is 9.97 Å². The fourth-order valence-corrected chi connectivity index (χ4v) is 4.98. The van der Waals surface area contributed by atoms with Crippen LogP contribution in [-0.2, 0) is 24.1 Å². The van der Waals surface area contributed by atoms with Crippen LogP contribution in [-0.4, -0.2) is 28.0 Å². The lowest BCUT2D eigenvalue weighted by molar-refractivity contribution is -0.117. The van der Waals surface area contributed by atoms with Crippen molar-refractivity contribution < 1.29 is 14.3 Å². The van der Waals surface area contributed by atoms with Crippen LogP contribution < -0.4 is 9.47 Å². The number of Topliss-reactive ketones (excluding diaryl/α,β-unsaturated/α-hetero) is 1. The molecule has 1 aliphatic rings. The number of carbonyl (C=O) groups excluding carboxylic acids is 1. The maximum absolute atomic E-state index is 13.1. The van der Waals surface area contributed by atoms with Crippen LogP contribution >= 0.6 is 0 Å². The van der Waals surface area contributed by atoms with E-state index in [4.69, 9.17) is 19.4 Å². The summed E-state index contributed by atoms with van der Waals surface area (Å²) in [4.78, 5) is 22.9. The topological polar surface area (TPSA) is 61.3 Å². The first-order chi connectivity index (χ1) is 17.9. The molecule has 0 unspecified atom stereocenters. The average Bonchev–Trinajstić information content (AvgIpc) is 2.87. The van der Waals surface area contributed by atoms with Gasteiger partial charge in [-0.15, -0.1) is 0 Å². The van der Waals surface area contributed by atoms with Crippen LogP contribution in [0.2, 0.25) is 0 Å². The zero-order chi connectivity index (χ0) is 26.2. The van der Waals surface area contributed by atoms with Gasteiger partial charge in [0, 0.05) is 12.0 Å². The molecule has 4 rings (SSSR count). The van der Waals surface area contributed by atoms with E-state index in [0.29, 0.717) is 18.8 Å². The molecule has 1 aromatic heterocycles. The van der Waals surface area contributed by atoms with E-state index < -0.39 is 0 Å². The first-order valence-corrected chi connectivity index (χ1v) is 13.7. The Balaban J connectivity index is 1.50. The minimum Gasteiger partial charge on any atom is -0.491 e. The van der Waals surface area contributed by atoms with Gasteiger partial charge in [0.15, 0.2) is 0 Å². The van der Waals surface area contributed by atoms with E-state index in [0.717, 1.165) is 46.1 Å². The van der Waals surface area contributed by atoms with E-state index in [1.54, 1.807) is 0 Å². The summed E-state index contributed by atoms with van der Waals surface area (Å²) >= 11 is 0. The van der Waals surface area contributed by atoms with Gasteiger partial charge in [-0.1, -0.05) is 44.2 Å². The molecule has 1 aliphatic carbocycles. The Kier molecular flexibility index (Phi) is 9.32. The summed E-state index contributed by atoms with van der Waals surface area (Å²) in [5.41, 5.74) is 4.64. The molecule has 0 spiro atoms. The van der Waals surface area contributed by atoms with Crippen molar-refractivity contribution >= 4 is 5.78 Å². The highest BCUT2D eigenvalue weighted by Crippen LogP contribution is 2.29. The Morgan fingerprint density at radius 2 is 1.41 bits per heavy atom. The second kappa shape index (κ2) is 12.8. The number of hydrogen-bond donors (Lipinski definition) is 0. The van der Waals surface area contributed by atoms with Gasteiger partial charge in [-0.3, -0.25) is 9.78 Å². The number of carbonyl (C=O) groups is 1. The van der Waals surface area contributed by atoms with Crippen molar-refractivity contribution in [3.05, 3.63) is 71.7 Å². The summed E-state index contributed by atoms with van der Waals surface area (Å²) in [7, 11) is 0. The molecule has 0 N–H and O–H groups in total. The molecule has 1 fully saturated rings. The zero-order valence-corrected chi connectivity index (χ0v) is 22.7. The highest BCUT2D eigenvalue weighted by Gasteiger charge is 2.20. The monoisotopic (exact) mass is 500 g/mol. The predicted octanol–water partition coefficient (Wildman–Crippen LogP) is 7.20. The summed E-state index contributed by atoms with van der Waals surface area (Å²) in [6.07, 6.45) is 9.98. The van der Waals surface area contributed by atoms with Crippen molar-refractivity contribution in [2.45, 2.75) is 91.3 Å². The Morgan fingerprint density at radius 1 is 0.811 bits per heavy atom. The van der Waals surface area contributed by atoms with Gasteiger partial charge >= 0.3 is 0 Å². The largest absolute Gasteiger partial charge is 0.491 e. The molecule has 0 saturated heterocycles. The highest BCUT2D eigenvalue weighted by molar-refractivity contribution is 5.83. The van der Waals surface area contributed by atoms with Crippen molar-refractivity contribution in [3.8, 4) is 22.8 Å². The Bertz CT molecular complexity index is 1150. The second-order valence-corrected chi connectivity index (χ2v) is 10.8. The summed E-state index contributed by atoms with van der Waals surface area (Å²) in [5, 5.41) is 0. The normalized spacial score (nSPS) is 14.2. The van der Waals surface area contributed by atoms with Crippen LogP contribution in [0.1, 0.15) is 76.8 Å². The van der Waals surface area contributed by atoms with E-state index in [2.05, 4.69) is 0 Å². The quantitative estimate of drug-likeness (QED) is 0.279. The van der Waals surface area contributed by atoms with Crippen molar-refractivity contribution in [3.63, 3.8) is 0 Å². The maximum atomic E-state index is 13.1. The van der Waals surface area contributed by atoms with Crippen LogP contribution in [0.25, 0.3) is 11.3 Å². The van der Waals surface area contributed by atoms with Gasteiger partial charge in [-0.25, -0.2) is 4.98 Å². The molecule has 5 heteroatoms. The van der Waals surface area contributed by atoms with Gasteiger partial charge in [0.2, 0.25) is 0 Å². The minimum atomic E-state index is 0.128. The third-order valence-electron chi connectivity index (χ3n) is 6.72. The molecule has 196 valence electrons. The van der Waals surface area contributed by atoms with Crippen LogP contribution in [0.5, 0.6) is 11.5 Å². The molecule has 1 saturated carbocycles. The molecule has 37 heavy (non-hydrogen) atoms. The Labute approximate surface area is 221 Å². The van der Waals surface area contributed by atoms with Gasteiger partial charge in [0.05, 0.1) is 41.9 Å². The van der Waals surface area contributed by atoms with Crippen LogP contribution in [0.15, 0.2) is 54.7 Å². The minimum absolute atomic E-state index is 0.128. The number of nitrogens with zero attached hydrogens (tertiary/aromatic N) is 2. The molecule has 5 nitrogen and oxygen atoms in total. The molecule has 1 heterocycles. The van der Waals surface area contributed by atoms with E-state index in [1.807, 2.05) is 82.4 Å². The van der Waals surface area contributed by atoms with Crippen LogP contribution in [0.4, 0.5) is 0 Å². The molecule has 0 bridgehead atoms. The second-order valence-electron chi connectivity index (χ2n) is 10.8. The molecule has 0 aliphatic heterocycles. The zero-order valence-electron chi connectivity index (χ0n) is 22.7. The van der Waals surface area contributed by atoms with Gasteiger partial charge in [-0.05, 0) is 82.0 Å². The van der Waals surface area contributed by atoms with E-state index in [9.17, 15) is 4.79 Å². The fourth-order valence-electron chi connectivity index (χ4n) is 4.98. The molecule has 0 radical (unpaired) electrons. The molecule has 2 aromatic carbocycles. The molecular formula is C32H40N2O3. The maximum Gasteiger partial charge on any atom is 0.143 e.